The summed E-state index contributed by atoms with van der Waals surface area (Å²) in [5.74, 6) is -0.144. The monoisotopic (exact) mass is 428 g/mol. The van der Waals surface area contributed by atoms with Gasteiger partial charge in [-0.2, -0.15) is 0 Å². The summed E-state index contributed by atoms with van der Waals surface area (Å²) < 4.78 is 36.2. The van der Waals surface area contributed by atoms with Crippen LogP contribution in [0.25, 0.3) is 11.0 Å². The Balaban J connectivity index is 1.68. The Kier molecular flexibility index (Phi) is 4.98. The van der Waals surface area contributed by atoms with Gasteiger partial charge in [0, 0.05) is 17.6 Å². The van der Waals surface area contributed by atoms with Gasteiger partial charge in [0.1, 0.15) is 5.56 Å². The number of carbonyl (C=O) groups excluding carboxylic acids is 1. The number of sulfonamides is 1. The van der Waals surface area contributed by atoms with Crippen LogP contribution in [0.4, 0.5) is 11.4 Å². The van der Waals surface area contributed by atoms with Crippen molar-refractivity contribution in [3.05, 3.63) is 64.0 Å². The number of hydrogen-bond donors (Lipinski definition) is 1. The lowest BCUT2D eigenvalue weighted by Gasteiger charge is -2.19. The summed E-state index contributed by atoms with van der Waals surface area (Å²) in [4.78, 5) is 25.2. The van der Waals surface area contributed by atoms with Gasteiger partial charge in [0.2, 0.25) is 10.0 Å². The number of amides is 1. The molecular weight excluding hydrogens is 408 g/mol. The van der Waals surface area contributed by atoms with E-state index in [1.54, 1.807) is 43.3 Å². The van der Waals surface area contributed by atoms with E-state index in [1.807, 2.05) is 0 Å². The van der Waals surface area contributed by atoms with Gasteiger partial charge < -0.3 is 14.5 Å². The van der Waals surface area contributed by atoms with E-state index in [4.69, 9.17) is 9.15 Å². The number of para-hydroxylation sites is 1. The van der Waals surface area contributed by atoms with Crippen LogP contribution >= 0.6 is 0 Å². The number of methoxy groups -OCH3 is 1. The number of hydrogen-bond acceptors (Lipinski definition) is 6. The number of aryl methyl sites for hydroxylation is 1. The van der Waals surface area contributed by atoms with Gasteiger partial charge in [-0.1, -0.05) is 18.2 Å². The number of nitrogens with one attached hydrogen (secondary N) is 1. The summed E-state index contributed by atoms with van der Waals surface area (Å²) in [6, 6.07) is 11.6. The largest absolute Gasteiger partial charge is 0.493 e. The second kappa shape index (κ2) is 7.49. The molecule has 3 aromatic rings. The zero-order valence-corrected chi connectivity index (χ0v) is 17.3. The Morgan fingerprint density at radius 1 is 1.20 bits per heavy atom. The number of fused-ring (bicyclic) bond motifs is 1. The van der Waals surface area contributed by atoms with Crippen LogP contribution in [0.5, 0.6) is 5.75 Å². The number of carbonyl (C=O) groups is 1. The van der Waals surface area contributed by atoms with Crippen LogP contribution in [0.1, 0.15) is 22.3 Å². The van der Waals surface area contributed by atoms with Gasteiger partial charge in [0.05, 0.1) is 18.6 Å². The average Bonchev–Trinajstić information content (AvgIpc) is 3.07. The van der Waals surface area contributed by atoms with Gasteiger partial charge in [0.25, 0.3) is 5.91 Å². The van der Waals surface area contributed by atoms with Crippen molar-refractivity contribution in [1.29, 1.82) is 0 Å². The van der Waals surface area contributed by atoms with Crippen molar-refractivity contribution in [3.63, 3.8) is 0 Å². The van der Waals surface area contributed by atoms with Crippen molar-refractivity contribution in [2.45, 2.75) is 13.3 Å². The molecule has 0 bridgehead atoms. The number of nitrogens with zero attached hydrogens (tertiary/aromatic N) is 1. The molecule has 0 aliphatic carbocycles. The fourth-order valence-electron chi connectivity index (χ4n) is 3.46. The van der Waals surface area contributed by atoms with Gasteiger partial charge >= 0.3 is 5.63 Å². The zero-order valence-electron chi connectivity index (χ0n) is 16.5. The Bertz CT molecular complexity index is 1310. The highest BCUT2D eigenvalue weighted by molar-refractivity contribution is 7.93. The molecule has 2 heterocycles. The summed E-state index contributed by atoms with van der Waals surface area (Å²) in [5, 5.41) is 3.25. The number of benzene rings is 2. The van der Waals surface area contributed by atoms with Crippen LogP contribution in [0.2, 0.25) is 0 Å². The molecular formula is C21H20N2O6S. The maximum Gasteiger partial charge on any atom is 0.349 e. The first-order chi connectivity index (χ1) is 14.3. The first-order valence-electron chi connectivity index (χ1n) is 9.33. The average molecular weight is 428 g/mol. The molecule has 156 valence electrons. The van der Waals surface area contributed by atoms with E-state index in [0.717, 1.165) is 5.56 Å². The van der Waals surface area contributed by atoms with Gasteiger partial charge in [0.15, 0.2) is 11.3 Å². The summed E-state index contributed by atoms with van der Waals surface area (Å²) in [6.07, 6.45) is 0.555. The van der Waals surface area contributed by atoms with Crippen LogP contribution in [-0.4, -0.2) is 33.7 Å². The van der Waals surface area contributed by atoms with Crippen LogP contribution in [-0.2, 0) is 10.0 Å². The minimum atomic E-state index is -3.34. The zero-order chi connectivity index (χ0) is 21.5. The lowest BCUT2D eigenvalue weighted by Crippen LogP contribution is -2.25. The maximum absolute atomic E-state index is 12.8. The van der Waals surface area contributed by atoms with E-state index in [0.29, 0.717) is 35.5 Å². The molecule has 0 spiro atoms. The van der Waals surface area contributed by atoms with E-state index in [1.165, 1.54) is 17.5 Å². The van der Waals surface area contributed by atoms with Crippen molar-refractivity contribution in [1.82, 2.24) is 0 Å². The molecule has 0 atom stereocenters. The third kappa shape index (κ3) is 3.52. The first-order valence-corrected chi connectivity index (χ1v) is 10.9. The molecule has 1 saturated heterocycles. The molecule has 0 radical (unpaired) electrons. The van der Waals surface area contributed by atoms with Gasteiger partial charge in [-0.3, -0.25) is 9.10 Å². The molecule has 30 heavy (non-hydrogen) atoms. The smallest absolute Gasteiger partial charge is 0.349 e. The lowest BCUT2D eigenvalue weighted by molar-refractivity contribution is 0.102. The summed E-state index contributed by atoms with van der Waals surface area (Å²) in [5.41, 5.74) is 0.942. The normalized spacial score (nSPS) is 15.3. The molecule has 9 heteroatoms. The minimum Gasteiger partial charge on any atom is -0.493 e. The number of anilines is 2. The molecule has 2 aromatic carbocycles. The molecule has 8 nitrogen and oxygen atoms in total. The van der Waals surface area contributed by atoms with Gasteiger partial charge in [-0.15, -0.1) is 0 Å². The van der Waals surface area contributed by atoms with Gasteiger partial charge in [-0.25, -0.2) is 13.2 Å². The quantitative estimate of drug-likeness (QED) is 0.641. The summed E-state index contributed by atoms with van der Waals surface area (Å²) in [6.45, 7) is 2.18. The third-order valence-corrected chi connectivity index (χ3v) is 6.91. The van der Waals surface area contributed by atoms with Crippen molar-refractivity contribution >= 4 is 38.3 Å². The number of ether oxygens (including phenoxy) is 1. The second-order valence-electron chi connectivity index (χ2n) is 7.02. The number of rotatable bonds is 4. The van der Waals surface area contributed by atoms with Crippen molar-refractivity contribution in [3.8, 4) is 5.75 Å². The Morgan fingerprint density at radius 3 is 2.70 bits per heavy atom. The highest BCUT2D eigenvalue weighted by Gasteiger charge is 2.29. The van der Waals surface area contributed by atoms with Crippen molar-refractivity contribution in [2.24, 2.45) is 0 Å². The predicted molar refractivity (Wildman–Crippen MR) is 114 cm³/mol. The highest BCUT2D eigenvalue weighted by Crippen LogP contribution is 2.29. The second-order valence-corrected chi connectivity index (χ2v) is 9.03. The summed E-state index contributed by atoms with van der Waals surface area (Å²) in [7, 11) is -1.88. The highest BCUT2D eigenvalue weighted by atomic mass is 32.2. The van der Waals surface area contributed by atoms with Gasteiger partial charge in [-0.05, 0) is 43.2 Å². The molecule has 1 N–H and O–H groups in total. The molecule has 1 aliphatic heterocycles. The van der Waals surface area contributed by atoms with Crippen molar-refractivity contribution in [2.75, 3.05) is 29.0 Å². The molecule has 0 saturated carbocycles. The standard InChI is InChI=1S/C21H20N2O6S/c1-13-7-8-15(23-9-4-10-30(23,26)27)12-17(13)22-20(24)16-11-14-5-3-6-18(28-2)19(14)29-21(16)25/h3,5-8,11-12H,4,9-10H2,1-2H3,(H,22,24). The van der Waals surface area contributed by atoms with Crippen LogP contribution in [0.15, 0.2) is 51.7 Å². The van der Waals surface area contributed by atoms with E-state index in [-0.39, 0.29) is 16.9 Å². The molecule has 4 rings (SSSR count). The Hall–Kier alpha value is -3.33. The maximum atomic E-state index is 12.8. The summed E-state index contributed by atoms with van der Waals surface area (Å²) >= 11 is 0. The lowest BCUT2D eigenvalue weighted by atomic mass is 10.1. The molecule has 1 aliphatic rings. The fourth-order valence-corrected chi connectivity index (χ4v) is 5.01. The van der Waals surface area contributed by atoms with E-state index < -0.39 is 21.6 Å². The molecule has 1 fully saturated rings. The minimum absolute atomic E-state index is 0.101. The van der Waals surface area contributed by atoms with E-state index >= 15 is 0 Å². The molecule has 1 aromatic heterocycles. The van der Waals surface area contributed by atoms with Crippen LogP contribution < -0.4 is 20.0 Å². The molecule has 1 amide bonds. The van der Waals surface area contributed by atoms with Crippen LogP contribution in [0.3, 0.4) is 0 Å². The predicted octanol–water partition coefficient (Wildman–Crippen LogP) is 2.90. The van der Waals surface area contributed by atoms with Crippen molar-refractivity contribution < 1.29 is 22.4 Å². The molecule has 0 unspecified atom stereocenters. The fraction of sp³-hybridized carbons (Fsp3) is 0.238. The third-order valence-electron chi connectivity index (χ3n) is 5.05. The Morgan fingerprint density at radius 2 is 2.00 bits per heavy atom. The topological polar surface area (TPSA) is 106 Å². The van der Waals surface area contributed by atoms with Crippen LogP contribution in [0, 0.1) is 6.92 Å². The Labute approximate surface area is 173 Å². The SMILES string of the molecule is COc1cccc2cc(C(=O)Nc3cc(N4CCCS4(=O)=O)ccc3C)c(=O)oc12. The first kappa shape index (κ1) is 20.0. The van der Waals surface area contributed by atoms with E-state index in [9.17, 15) is 18.0 Å². The van der Waals surface area contributed by atoms with E-state index in [2.05, 4.69) is 5.32 Å².